The second-order valence-corrected chi connectivity index (χ2v) is 7.82. The van der Waals surface area contributed by atoms with Gasteiger partial charge in [0.15, 0.2) is 17.5 Å². The van der Waals surface area contributed by atoms with Gasteiger partial charge in [0.25, 0.3) is 10.0 Å². The SMILES string of the molecule is Nc1cc(S(=O)(=O)Nc2ccc(F)c(F)c2F)ccc1N1CCCNCC1. The van der Waals surface area contributed by atoms with Crippen molar-refractivity contribution in [2.45, 2.75) is 11.3 Å². The third-order valence-electron chi connectivity index (χ3n) is 4.27. The number of hydrogen-bond acceptors (Lipinski definition) is 5. The van der Waals surface area contributed by atoms with Crippen LogP contribution >= 0.6 is 0 Å². The summed E-state index contributed by atoms with van der Waals surface area (Å²) in [5, 5.41) is 3.26. The number of nitrogens with zero attached hydrogens (tertiary/aromatic N) is 1. The Hall–Kier alpha value is -2.46. The summed E-state index contributed by atoms with van der Waals surface area (Å²) in [4.78, 5) is 1.84. The zero-order valence-electron chi connectivity index (χ0n) is 14.3. The van der Waals surface area contributed by atoms with Gasteiger partial charge in [-0.15, -0.1) is 0 Å². The van der Waals surface area contributed by atoms with Gasteiger partial charge in [0.1, 0.15) is 0 Å². The van der Waals surface area contributed by atoms with E-state index in [1.807, 2.05) is 9.62 Å². The molecule has 1 heterocycles. The van der Waals surface area contributed by atoms with Crippen LogP contribution in [0.15, 0.2) is 35.2 Å². The van der Waals surface area contributed by atoms with Gasteiger partial charge < -0.3 is 16.0 Å². The standard InChI is InChI=1S/C17H19F3N4O2S/c18-12-3-4-14(17(20)16(12)19)23-27(25,26)11-2-5-15(13(21)10-11)24-8-1-6-22-7-9-24/h2-5,10,22-23H,1,6-9,21H2. The van der Waals surface area contributed by atoms with Crippen molar-refractivity contribution in [3.8, 4) is 0 Å². The zero-order chi connectivity index (χ0) is 19.6. The van der Waals surface area contributed by atoms with Crippen LogP contribution in [0.25, 0.3) is 0 Å². The lowest BCUT2D eigenvalue weighted by molar-refractivity contribution is 0.449. The number of anilines is 3. The largest absolute Gasteiger partial charge is 0.397 e. The van der Waals surface area contributed by atoms with Crippen molar-refractivity contribution in [3.05, 3.63) is 47.8 Å². The molecule has 1 aliphatic rings. The van der Waals surface area contributed by atoms with E-state index in [4.69, 9.17) is 5.73 Å². The molecule has 1 saturated heterocycles. The maximum atomic E-state index is 13.8. The lowest BCUT2D eigenvalue weighted by Gasteiger charge is -2.24. The van der Waals surface area contributed by atoms with E-state index in [9.17, 15) is 21.6 Å². The molecule has 27 heavy (non-hydrogen) atoms. The van der Waals surface area contributed by atoms with Crippen molar-refractivity contribution in [1.29, 1.82) is 0 Å². The number of nitrogens with one attached hydrogen (secondary N) is 2. The van der Waals surface area contributed by atoms with Crippen LogP contribution in [0.5, 0.6) is 0 Å². The van der Waals surface area contributed by atoms with Crippen molar-refractivity contribution < 1.29 is 21.6 Å². The highest BCUT2D eigenvalue weighted by Crippen LogP contribution is 2.29. The van der Waals surface area contributed by atoms with Gasteiger partial charge in [-0.05, 0) is 43.3 Å². The summed E-state index contributed by atoms with van der Waals surface area (Å²) in [5.41, 5.74) is 6.30. The molecule has 0 aliphatic carbocycles. The summed E-state index contributed by atoms with van der Waals surface area (Å²) in [6.45, 7) is 3.19. The maximum absolute atomic E-state index is 13.8. The molecule has 2 aromatic rings. The first-order chi connectivity index (χ1) is 12.8. The molecule has 0 unspecified atom stereocenters. The van der Waals surface area contributed by atoms with Crippen LogP contribution < -0.4 is 20.7 Å². The van der Waals surface area contributed by atoms with Crippen LogP contribution in [0.4, 0.5) is 30.2 Å². The van der Waals surface area contributed by atoms with Crippen molar-refractivity contribution in [2.24, 2.45) is 0 Å². The van der Waals surface area contributed by atoms with E-state index in [0.29, 0.717) is 11.8 Å². The van der Waals surface area contributed by atoms with Crippen molar-refractivity contribution in [2.75, 3.05) is 41.5 Å². The predicted octanol–water partition coefficient (Wildman–Crippen LogP) is 2.29. The molecule has 0 aromatic heterocycles. The summed E-state index contributed by atoms with van der Waals surface area (Å²) in [6, 6.07) is 5.63. The summed E-state index contributed by atoms with van der Waals surface area (Å²) >= 11 is 0. The van der Waals surface area contributed by atoms with E-state index >= 15 is 0 Å². The van der Waals surface area contributed by atoms with Gasteiger partial charge in [-0.25, -0.2) is 21.6 Å². The van der Waals surface area contributed by atoms with Crippen LogP contribution in [0, 0.1) is 17.5 Å². The number of benzene rings is 2. The second kappa shape index (κ2) is 7.65. The Morgan fingerprint density at radius 1 is 1.04 bits per heavy atom. The highest BCUT2D eigenvalue weighted by Gasteiger charge is 2.21. The first kappa shape index (κ1) is 19.3. The molecule has 1 fully saturated rings. The predicted molar refractivity (Wildman–Crippen MR) is 97.7 cm³/mol. The van der Waals surface area contributed by atoms with Gasteiger partial charge in [0.2, 0.25) is 0 Å². The Balaban J connectivity index is 1.87. The molecular weight excluding hydrogens is 381 g/mol. The lowest BCUT2D eigenvalue weighted by Crippen LogP contribution is -2.28. The third-order valence-corrected chi connectivity index (χ3v) is 5.63. The minimum Gasteiger partial charge on any atom is -0.397 e. The smallest absolute Gasteiger partial charge is 0.262 e. The number of rotatable bonds is 4. The normalized spacial score (nSPS) is 15.4. The molecule has 0 bridgehead atoms. The van der Waals surface area contributed by atoms with Crippen LogP contribution in [0.1, 0.15) is 6.42 Å². The van der Waals surface area contributed by atoms with Gasteiger partial charge in [0, 0.05) is 19.6 Å². The zero-order valence-corrected chi connectivity index (χ0v) is 15.1. The molecule has 0 saturated carbocycles. The van der Waals surface area contributed by atoms with Crippen LogP contribution in [-0.4, -0.2) is 34.6 Å². The highest BCUT2D eigenvalue weighted by atomic mass is 32.2. The van der Waals surface area contributed by atoms with E-state index in [0.717, 1.165) is 38.7 Å². The molecule has 3 rings (SSSR count). The van der Waals surface area contributed by atoms with Crippen molar-refractivity contribution in [1.82, 2.24) is 5.32 Å². The number of halogens is 3. The molecule has 6 nitrogen and oxygen atoms in total. The van der Waals surface area contributed by atoms with E-state index in [-0.39, 0.29) is 10.6 Å². The molecule has 10 heteroatoms. The molecular formula is C17H19F3N4O2S. The fourth-order valence-electron chi connectivity index (χ4n) is 2.88. The van der Waals surface area contributed by atoms with Gasteiger partial charge in [0.05, 0.1) is 22.0 Å². The first-order valence-corrected chi connectivity index (χ1v) is 9.79. The topological polar surface area (TPSA) is 87.5 Å². The minimum atomic E-state index is -4.23. The fourth-order valence-corrected chi connectivity index (χ4v) is 3.98. The fraction of sp³-hybridized carbons (Fsp3) is 0.294. The van der Waals surface area contributed by atoms with Gasteiger partial charge >= 0.3 is 0 Å². The van der Waals surface area contributed by atoms with E-state index in [1.165, 1.54) is 12.1 Å². The maximum Gasteiger partial charge on any atom is 0.262 e. The Labute approximate surface area is 155 Å². The number of nitrogen functional groups attached to an aromatic ring is 1. The van der Waals surface area contributed by atoms with Crippen molar-refractivity contribution >= 4 is 27.1 Å². The molecule has 2 aromatic carbocycles. The summed E-state index contributed by atoms with van der Waals surface area (Å²) in [6.07, 6.45) is 0.927. The highest BCUT2D eigenvalue weighted by molar-refractivity contribution is 7.92. The van der Waals surface area contributed by atoms with E-state index < -0.39 is 33.2 Å². The van der Waals surface area contributed by atoms with Crippen molar-refractivity contribution in [3.63, 3.8) is 0 Å². The monoisotopic (exact) mass is 400 g/mol. The summed E-state index contributed by atoms with van der Waals surface area (Å²) in [7, 11) is -4.23. The minimum absolute atomic E-state index is 0.208. The summed E-state index contributed by atoms with van der Waals surface area (Å²) < 4.78 is 66.9. The average molecular weight is 400 g/mol. The molecule has 0 amide bonds. The molecule has 4 N–H and O–H groups in total. The molecule has 0 radical (unpaired) electrons. The number of nitrogens with two attached hydrogens (primary N) is 1. The van der Waals surface area contributed by atoms with Gasteiger partial charge in [-0.3, -0.25) is 4.72 Å². The molecule has 1 aliphatic heterocycles. The number of hydrogen-bond donors (Lipinski definition) is 3. The Bertz CT molecular complexity index is 945. The van der Waals surface area contributed by atoms with Crippen LogP contribution in [-0.2, 0) is 10.0 Å². The quantitative estimate of drug-likeness (QED) is 0.542. The Morgan fingerprint density at radius 2 is 1.81 bits per heavy atom. The van der Waals surface area contributed by atoms with Crippen LogP contribution in [0.3, 0.4) is 0 Å². The molecule has 0 atom stereocenters. The summed E-state index contributed by atoms with van der Waals surface area (Å²) in [5.74, 6) is -4.77. The first-order valence-electron chi connectivity index (χ1n) is 8.31. The number of sulfonamides is 1. The van der Waals surface area contributed by atoms with Crippen LogP contribution in [0.2, 0.25) is 0 Å². The molecule has 146 valence electrons. The third kappa shape index (κ3) is 4.11. The second-order valence-electron chi connectivity index (χ2n) is 6.14. The van der Waals surface area contributed by atoms with E-state index in [2.05, 4.69) is 5.32 Å². The van der Waals surface area contributed by atoms with Gasteiger partial charge in [-0.2, -0.15) is 0 Å². The Kier molecular flexibility index (Phi) is 5.47. The lowest BCUT2D eigenvalue weighted by atomic mass is 10.2. The average Bonchev–Trinajstić information content (AvgIpc) is 2.91. The van der Waals surface area contributed by atoms with Gasteiger partial charge in [-0.1, -0.05) is 0 Å². The molecule has 0 spiro atoms. The van der Waals surface area contributed by atoms with E-state index in [1.54, 1.807) is 6.07 Å². The Morgan fingerprint density at radius 3 is 2.56 bits per heavy atom.